The zero-order valence-electron chi connectivity index (χ0n) is 15.8. The normalized spacial score (nSPS) is 11.8. The van der Waals surface area contributed by atoms with Crippen LogP contribution in [0.15, 0.2) is 64.2 Å². The molecule has 29 heavy (non-hydrogen) atoms. The van der Waals surface area contributed by atoms with Gasteiger partial charge >= 0.3 is 0 Å². The molecule has 3 aromatic rings. The van der Waals surface area contributed by atoms with Crippen molar-refractivity contribution >= 4 is 23.4 Å². The molecule has 0 saturated heterocycles. The highest BCUT2D eigenvalue weighted by atomic mass is 32.2. The van der Waals surface area contributed by atoms with Gasteiger partial charge in [0.25, 0.3) is 10.9 Å². The second kappa shape index (κ2) is 9.83. The molecule has 1 N–H and O–H groups in total. The molecule has 0 spiro atoms. The molecule has 150 valence electrons. The van der Waals surface area contributed by atoms with Gasteiger partial charge in [0.1, 0.15) is 0 Å². The predicted molar refractivity (Wildman–Crippen MR) is 109 cm³/mol. The molecular weight excluding hydrogens is 392 g/mol. The van der Waals surface area contributed by atoms with Gasteiger partial charge in [-0.3, -0.25) is 14.9 Å². The number of rotatable bonds is 9. The van der Waals surface area contributed by atoms with Gasteiger partial charge in [-0.2, -0.15) is 0 Å². The second-order valence-electron chi connectivity index (χ2n) is 6.29. The van der Waals surface area contributed by atoms with Gasteiger partial charge in [-0.1, -0.05) is 61.5 Å². The zero-order chi connectivity index (χ0) is 20.6. The molecule has 2 aromatic carbocycles. The Bertz CT molecular complexity index is 977. The Hall–Kier alpha value is -3.20. The van der Waals surface area contributed by atoms with Crippen molar-refractivity contribution in [3.8, 4) is 11.5 Å². The number of amides is 1. The van der Waals surface area contributed by atoms with Gasteiger partial charge < -0.3 is 9.73 Å². The number of hydrogen-bond donors (Lipinski definition) is 1. The Morgan fingerprint density at radius 2 is 2.00 bits per heavy atom. The van der Waals surface area contributed by atoms with Gasteiger partial charge in [-0.25, -0.2) is 0 Å². The summed E-state index contributed by atoms with van der Waals surface area (Å²) < 4.78 is 5.53. The molecular formula is C20H20N4O4S. The van der Waals surface area contributed by atoms with Crippen molar-refractivity contribution in [2.45, 2.75) is 31.0 Å². The third-order valence-corrected chi connectivity index (χ3v) is 4.97. The summed E-state index contributed by atoms with van der Waals surface area (Å²) in [5.74, 6) is 0.168. The maximum absolute atomic E-state index is 12.4. The van der Waals surface area contributed by atoms with E-state index in [-0.39, 0.29) is 34.5 Å². The number of hydrogen-bond acceptors (Lipinski definition) is 7. The third kappa shape index (κ3) is 5.64. The maximum Gasteiger partial charge on any atom is 0.277 e. The Morgan fingerprint density at radius 1 is 1.21 bits per heavy atom. The molecule has 8 nitrogen and oxygen atoms in total. The van der Waals surface area contributed by atoms with Gasteiger partial charge in [-0.05, 0) is 18.1 Å². The van der Waals surface area contributed by atoms with E-state index in [0.717, 1.165) is 30.2 Å². The predicted octanol–water partition coefficient (Wildman–Crippen LogP) is 4.39. The van der Waals surface area contributed by atoms with E-state index < -0.39 is 4.92 Å². The van der Waals surface area contributed by atoms with E-state index in [0.29, 0.717) is 5.56 Å². The van der Waals surface area contributed by atoms with Crippen molar-refractivity contribution < 1.29 is 14.1 Å². The second-order valence-corrected chi connectivity index (χ2v) is 7.22. The minimum Gasteiger partial charge on any atom is -0.411 e. The van der Waals surface area contributed by atoms with Crippen molar-refractivity contribution in [2.75, 3.05) is 5.75 Å². The quantitative estimate of drug-likeness (QED) is 0.315. The first-order valence-corrected chi connectivity index (χ1v) is 10.1. The fraction of sp³-hybridized carbons (Fsp3) is 0.250. The van der Waals surface area contributed by atoms with Gasteiger partial charge in [0.05, 0.1) is 16.7 Å². The lowest BCUT2D eigenvalue weighted by atomic mass is 10.0. The third-order valence-electron chi connectivity index (χ3n) is 4.15. The molecule has 3 rings (SSSR count). The highest BCUT2D eigenvalue weighted by Crippen LogP contribution is 2.26. The van der Waals surface area contributed by atoms with Crippen LogP contribution >= 0.6 is 11.8 Å². The van der Waals surface area contributed by atoms with Crippen LogP contribution in [0.5, 0.6) is 0 Å². The number of carbonyl (C=O) groups is 1. The van der Waals surface area contributed by atoms with Gasteiger partial charge in [0.2, 0.25) is 11.8 Å². The van der Waals surface area contributed by atoms with Gasteiger partial charge in [0.15, 0.2) is 0 Å². The minimum absolute atomic E-state index is 0.0441. The lowest BCUT2D eigenvalue weighted by Gasteiger charge is -2.18. The Balaban J connectivity index is 1.59. The molecule has 0 saturated carbocycles. The van der Waals surface area contributed by atoms with Crippen LogP contribution in [0.3, 0.4) is 0 Å². The monoisotopic (exact) mass is 412 g/mol. The molecule has 9 heteroatoms. The highest BCUT2D eigenvalue weighted by Gasteiger charge is 2.16. The first kappa shape index (κ1) is 20.5. The van der Waals surface area contributed by atoms with E-state index in [1.54, 1.807) is 12.1 Å². The van der Waals surface area contributed by atoms with Crippen LogP contribution in [0, 0.1) is 10.1 Å². The fourth-order valence-corrected chi connectivity index (χ4v) is 3.37. The van der Waals surface area contributed by atoms with Crippen LogP contribution in [0.2, 0.25) is 0 Å². The number of nitrogens with zero attached hydrogens (tertiary/aromatic N) is 3. The van der Waals surface area contributed by atoms with E-state index in [4.69, 9.17) is 4.42 Å². The van der Waals surface area contributed by atoms with E-state index in [9.17, 15) is 14.9 Å². The van der Waals surface area contributed by atoms with E-state index in [1.807, 2.05) is 30.3 Å². The number of non-ortho nitro benzene ring substituents is 1. The van der Waals surface area contributed by atoms with Gasteiger partial charge in [0, 0.05) is 17.7 Å². The standard InChI is InChI=1S/C20H20N4O4S/c1-2-7-17(14-8-4-3-5-9-14)21-18(25)13-29-20-23-22-19(28-20)15-10-6-11-16(12-15)24(26)27/h3-6,8-12,17H,2,7,13H2,1H3,(H,21,25)/t17-/m1/s1. The number of benzene rings is 2. The minimum atomic E-state index is -0.487. The average molecular weight is 412 g/mol. The number of nitrogens with one attached hydrogen (secondary N) is 1. The number of thioether (sulfide) groups is 1. The molecule has 0 fully saturated rings. The summed E-state index contributed by atoms with van der Waals surface area (Å²) in [6.07, 6.45) is 1.79. The zero-order valence-corrected chi connectivity index (χ0v) is 16.6. The molecule has 1 atom stereocenters. The Morgan fingerprint density at radius 3 is 2.72 bits per heavy atom. The van der Waals surface area contributed by atoms with Crippen molar-refractivity contribution in [1.82, 2.24) is 15.5 Å². The number of carbonyl (C=O) groups excluding carboxylic acids is 1. The molecule has 1 amide bonds. The van der Waals surface area contributed by atoms with Crippen LogP contribution in [-0.4, -0.2) is 26.8 Å². The van der Waals surface area contributed by atoms with Gasteiger partial charge in [-0.15, -0.1) is 10.2 Å². The summed E-state index contributed by atoms with van der Waals surface area (Å²) in [6, 6.07) is 15.7. The maximum atomic E-state index is 12.4. The summed E-state index contributed by atoms with van der Waals surface area (Å²) in [5, 5.41) is 22.0. The molecule has 0 unspecified atom stereocenters. The molecule has 0 bridgehead atoms. The van der Waals surface area contributed by atoms with Crippen LogP contribution < -0.4 is 5.32 Å². The highest BCUT2D eigenvalue weighted by molar-refractivity contribution is 7.99. The van der Waals surface area contributed by atoms with Crippen molar-refractivity contribution in [3.05, 3.63) is 70.3 Å². The molecule has 0 aliphatic heterocycles. The Labute approximate surface area is 171 Å². The lowest BCUT2D eigenvalue weighted by Crippen LogP contribution is -2.29. The SMILES string of the molecule is CCC[C@@H](NC(=O)CSc1nnc(-c2cccc([N+](=O)[O-])c2)o1)c1ccccc1. The topological polar surface area (TPSA) is 111 Å². The van der Waals surface area contributed by atoms with E-state index >= 15 is 0 Å². The summed E-state index contributed by atoms with van der Waals surface area (Å²) in [6.45, 7) is 2.07. The smallest absolute Gasteiger partial charge is 0.277 e. The Kier molecular flexibility index (Phi) is 6.96. The van der Waals surface area contributed by atoms with E-state index in [1.165, 1.54) is 12.1 Å². The van der Waals surface area contributed by atoms with Crippen molar-refractivity contribution in [2.24, 2.45) is 0 Å². The lowest BCUT2D eigenvalue weighted by molar-refractivity contribution is -0.384. The van der Waals surface area contributed by atoms with Crippen molar-refractivity contribution in [1.29, 1.82) is 0 Å². The molecule has 0 aliphatic carbocycles. The summed E-state index contributed by atoms with van der Waals surface area (Å²) in [5.41, 5.74) is 1.46. The molecule has 0 radical (unpaired) electrons. The van der Waals surface area contributed by atoms with Crippen LogP contribution in [0.1, 0.15) is 31.4 Å². The van der Waals surface area contributed by atoms with Crippen LogP contribution in [-0.2, 0) is 4.79 Å². The van der Waals surface area contributed by atoms with E-state index in [2.05, 4.69) is 22.4 Å². The molecule has 1 heterocycles. The fourth-order valence-electron chi connectivity index (χ4n) is 2.80. The van der Waals surface area contributed by atoms with Crippen molar-refractivity contribution in [3.63, 3.8) is 0 Å². The number of nitro benzene ring substituents is 1. The molecule has 0 aliphatic rings. The van der Waals surface area contributed by atoms with Crippen LogP contribution in [0.4, 0.5) is 5.69 Å². The summed E-state index contributed by atoms with van der Waals surface area (Å²) in [4.78, 5) is 22.8. The first-order valence-electron chi connectivity index (χ1n) is 9.12. The largest absolute Gasteiger partial charge is 0.411 e. The molecule has 1 aromatic heterocycles. The summed E-state index contributed by atoms with van der Waals surface area (Å²) >= 11 is 1.12. The van der Waals surface area contributed by atoms with Crippen LogP contribution in [0.25, 0.3) is 11.5 Å². The summed E-state index contributed by atoms with van der Waals surface area (Å²) in [7, 11) is 0. The average Bonchev–Trinajstić information content (AvgIpc) is 3.22. The number of nitro groups is 1. The number of aromatic nitrogens is 2. The first-order chi connectivity index (χ1) is 14.1.